The Balaban J connectivity index is 0. The van der Waals surface area contributed by atoms with Gasteiger partial charge in [0.2, 0.25) is 0 Å². The fourth-order valence-electron chi connectivity index (χ4n) is 0. The predicted octanol–water partition coefficient (Wildman–Crippen LogP) is -2.12. The van der Waals surface area contributed by atoms with Gasteiger partial charge < -0.3 is 10.6 Å². The minimum absolute atomic E-state index is 0.806. The van der Waals surface area contributed by atoms with Crippen molar-refractivity contribution in [1.29, 1.82) is 0 Å². The molecule has 0 amide bonds. The minimum Gasteiger partial charge on any atom is -0.358 e. The first-order valence-electron chi connectivity index (χ1n) is 1.14. The van der Waals surface area contributed by atoms with Crippen LogP contribution in [0.4, 0.5) is 0 Å². The second-order valence-corrected chi connectivity index (χ2v) is 0.238. The molecular formula is H6N2O3Si. The first-order chi connectivity index (χ1) is 2.73. The lowest BCUT2D eigenvalue weighted by Crippen LogP contribution is -1.81. The van der Waals surface area contributed by atoms with Crippen molar-refractivity contribution in [3.63, 3.8) is 0 Å². The molecule has 0 saturated carbocycles. The molecule has 0 spiro atoms. The summed E-state index contributed by atoms with van der Waals surface area (Å²) in [5.41, 5.74) is 0. The zero-order valence-corrected chi connectivity index (χ0v) is 5.29. The van der Waals surface area contributed by atoms with Crippen LogP contribution < -0.4 is 5.40 Å². The molecule has 0 aromatic carbocycles. The van der Waals surface area contributed by atoms with Crippen molar-refractivity contribution in [2.45, 2.75) is 0 Å². The van der Waals surface area contributed by atoms with Crippen LogP contribution >= 0.6 is 0 Å². The van der Waals surface area contributed by atoms with Crippen molar-refractivity contribution in [3.05, 3.63) is 10.1 Å². The van der Waals surface area contributed by atoms with Crippen molar-refractivity contribution in [3.8, 4) is 0 Å². The van der Waals surface area contributed by atoms with Crippen LogP contribution in [0.2, 0.25) is 0 Å². The molecule has 0 atom stereocenters. The highest BCUT2D eigenvalue weighted by Gasteiger charge is 1.65. The molecular weight excluding hydrogens is 104 g/mol. The van der Waals surface area contributed by atoms with E-state index in [1.165, 1.54) is 0 Å². The molecule has 0 aliphatic carbocycles. The van der Waals surface area contributed by atoms with Crippen LogP contribution in [-0.4, -0.2) is 20.7 Å². The average Bonchev–Trinajstić information content (AvgIpc) is 1.41. The van der Waals surface area contributed by atoms with Gasteiger partial charge in [-0.2, -0.15) is 0 Å². The average molecular weight is 110 g/mol. The van der Waals surface area contributed by atoms with E-state index in [1.54, 1.807) is 0 Å². The highest BCUT2D eigenvalue weighted by molar-refractivity contribution is 6.02. The Labute approximate surface area is 37.4 Å². The standard InChI is InChI=1S/HNO3.H5NSi/c2-1(3)4;1-2/h(H,2,3,4);1H2,2H3. The van der Waals surface area contributed by atoms with Crippen LogP contribution in [-0.2, 0) is 0 Å². The van der Waals surface area contributed by atoms with E-state index in [2.05, 4.69) is 5.40 Å². The Kier molecular flexibility index (Phi) is 13.3. The molecule has 0 rings (SSSR count). The third-order valence-corrected chi connectivity index (χ3v) is 0. The van der Waals surface area contributed by atoms with Crippen LogP contribution in [0, 0.1) is 10.1 Å². The Morgan fingerprint density at radius 2 is 1.83 bits per heavy atom. The maximum absolute atomic E-state index is 8.36. The third-order valence-electron chi connectivity index (χ3n) is 0. The highest BCUT2D eigenvalue weighted by Crippen LogP contribution is 1.38. The van der Waals surface area contributed by atoms with Gasteiger partial charge in [-0.25, -0.2) is 0 Å². The molecule has 0 saturated heterocycles. The lowest BCUT2D eigenvalue weighted by molar-refractivity contribution is -0.742. The fourth-order valence-corrected chi connectivity index (χ4v) is 0. The van der Waals surface area contributed by atoms with Crippen molar-refractivity contribution in [2.75, 3.05) is 0 Å². The molecule has 0 heterocycles. The van der Waals surface area contributed by atoms with E-state index in [-0.39, 0.29) is 0 Å². The maximum atomic E-state index is 8.36. The molecule has 38 valence electrons. The molecule has 0 radical (unpaired) electrons. The van der Waals surface area contributed by atoms with Gasteiger partial charge in [0.1, 0.15) is 0 Å². The van der Waals surface area contributed by atoms with Crippen molar-refractivity contribution in [2.24, 2.45) is 5.40 Å². The predicted molar refractivity (Wildman–Crippen MR) is 22.9 cm³/mol. The first kappa shape index (κ1) is 9.03. The highest BCUT2D eigenvalue weighted by atomic mass is 28.2. The normalized spacial score (nSPS) is 5.50. The third kappa shape index (κ3) is 49.1. The van der Waals surface area contributed by atoms with Gasteiger partial charge in [0.25, 0.3) is 5.09 Å². The Bertz CT molecular complexity index is 31.8. The monoisotopic (exact) mass is 110 g/mol. The van der Waals surface area contributed by atoms with Crippen LogP contribution in [0.15, 0.2) is 0 Å². The lowest BCUT2D eigenvalue weighted by atomic mass is 13.1. The summed E-state index contributed by atoms with van der Waals surface area (Å²) in [6, 6.07) is 0. The second kappa shape index (κ2) is 8.83. The number of rotatable bonds is 0. The van der Waals surface area contributed by atoms with E-state index in [4.69, 9.17) is 15.3 Å². The number of hydrogen-bond donors (Lipinski definition) is 2. The summed E-state index contributed by atoms with van der Waals surface area (Å²) in [4.78, 5) is 8.36. The van der Waals surface area contributed by atoms with E-state index in [9.17, 15) is 0 Å². The molecule has 0 bridgehead atoms. The van der Waals surface area contributed by atoms with Gasteiger partial charge in [-0.05, 0) is 0 Å². The van der Waals surface area contributed by atoms with Crippen LogP contribution in [0.1, 0.15) is 0 Å². The molecule has 0 aliphatic heterocycles. The van der Waals surface area contributed by atoms with E-state index in [1.807, 2.05) is 0 Å². The summed E-state index contributed by atoms with van der Waals surface area (Å²) in [6.07, 6.45) is 0. The summed E-state index contributed by atoms with van der Waals surface area (Å²) in [5.74, 6) is 0. The first-order valence-corrected chi connectivity index (χ1v) is 2.30. The molecule has 0 aliphatic rings. The largest absolute Gasteiger partial charge is 0.358 e. The van der Waals surface area contributed by atoms with E-state index < -0.39 is 5.09 Å². The van der Waals surface area contributed by atoms with E-state index in [0.29, 0.717) is 0 Å². The molecule has 3 N–H and O–H groups in total. The minimum atomic E-state index is -1.50. The fraction of sp³-hybridized carbons (Fsp3) is 0. The Morgan fingerprint density at radius 1 is 1.83 bits per heavy atom. The smallest absolute Gasteiger partial charge is 0.291 e. The van der Waals surface area contributed by atoms with Crippen molar-refractivity contribution in [1.82, 2.24) is 0 Å². The summed E-state index contributed by atoms with van der Waals surface area (Å²) >= 11 is 0. The Morgan fingerprint density at radius 3 is 1.83 bits per heavy atom. The van der Waals surface area contributed by atoms with E-state index in [0.717, 1.165) is 10.4 Å². The Hall–Kier alpha value is -0.623. The van der Waals surface area contributed by atoms with Gasteiger partial charge in [-0.1, -0.05) is 0 Å². The molecule has 6 heavy (non-hydrogen) atoms. The molecule has 0 fully saturated rings. The summed E-state index contributed by atoms with van der Waals surface area (Å²) in [6.45, 7) is 0. The maximum Gasteiger partial charge on any atom is 0.291 e. The quantitative estimate of drug-likeness (QED) is 0.212. The van der Waals surface area contributed by atoms with E-state index >= 15 is 0 Å². The van der Waals surface area contributed by atoms with Gasteiger partial charge >= 0.3 is 0 Å². The van der Waals surface area contributed by atoms with Crippen LogP contribution in [0.25, 0.3) is 0 Å². The van der Waals surface area contributed by atoms with Gasteiger partial charge in [-0.15, -0.1) is 10.1 Å². The topological polar surface area (TPSA) is 89.4 Å². The molecule has 0 aromatic heterocycles. The molecule has 0 unspecified atom stereocenters. The zero-order valence-electron chi connectivity index (χ0n) is 3.29. The van der Waals surface area contributed by atoms with Gasteiger partial charge in [-0.3, -0.25) is 0 Å². The number of nitrogens with two attached hydrogens (primary N) is 1. The lowest BCUT2D eigenvalue weighted by Gasteiger charge is -1.56. The molecule has 0 aromatic rings. The van der Waals surface area contributed by atoms with Gasteiger partial charge in [0, 0.05) is 0 Å². The molecule has 5 nitrogen and oxygen atoms in total. The second-order valence-electron chi connectivity index (χ2n) is 0.238. The van der Waals surface area contributed by atoms with Crippen molar-refractivity contribution < 1.29 is 10.3 Å². The SMILES string of the molecule is N[SiH3].O=[N+]([O-])O. The summed E-state index contributed by atoms with van der Waals surface area (Å²) in [7, 11) is 0.806. The van der Waals surface area contributed by atoms with Crippen LogP contribution in [0.3, 0.4) is 0 Å². The zero-order chi connectivity index (χ0) is 5.58. The van der Waals surface area contributed by atoms with Gasteiger partial charge in [0.15, 0.2) is 0 Å². The van der Waals surface area contributed by atoms with Crippen LogP contribution in [0.5, 0.6) is 0 Å². The summed E-state index contributed by atoms with van der Waals surface area (Å²) < 4.78 is 0. The number of hydrogen-bond acceptors (Lipinski definition) is 3. The summed E-state index contributed by atoms with van der Waals surface area (Å²) in [5, 5.41) is 18.3. The molecule has 6 heteroatoms. The van der Waals surface area contributed by atoms with Crippen molar-refractivity contribution >= 4 is 10.4 Å². The number of nitrogens with zero attached hydrogens (tertiary/aromatic N) is 1. The van der Waals surface area contributed by atoms with Gasteiger partial charge in [0.05, 0.1) is 10.4 Å².